The molecular formula is C115H108O27. The Bertz CT molecular complexity index is 6030. The van der Waals surface area contributed by atoms with Gasteiger partial charge in [0.1, 0.15) is 73.8 Å². The van der Waals surface area contributed by atoms with E-state index in [1.54, 1.807) is 109 Å². The van der Waals surface area contributed by atoms with Crippen molar-refractivity contribution in [2.24, 2.45) is 0 Å². The van der Waals surface area contributed by atoms with Crippen LogP contribution in [0.4, 0.5) is 0 Å². The Balaban J connectivity index is 0.808. The predicted molar refractivity (Wildman–Crippen MR) is 515 cm³/mol. The Morgan fingerprint density at radius 2 is 0.430 bits per heavy atom. The highest BCUT2D eigenvalue weighted by Crippen LogP contribution is 2.41. The summed E-state index contributed by atoms with van der Waals surface area (Å²) < 4.78 is 140. The van der Waals surface area contributed by atoms with Crippen LogP contribution in [0, 0.1) is 0 Å². The van der Waals surface area contributed by atoms with Crippen molar-refractivity contribution in [1.82, 2.24) is 0 Å². The zero-order chi connectivity index (χ0) is 97.4. The van der Waals surface area contributed by atoms with Crippen molar-refractivity contribution in [2.75, 3.05) is 26.4 Å². The molecule has 1 N–H and O–H groups in total. The first-order chi connectivity index (χ1) is 69.8. The third-order valence-corrected chi connectivity index (χ3v) is 24.3. The molecule has 20 atom stereocenters. The predicted octanol–water partition coefficient (Wildman–Crippen LogP) is 17.0. The standard InChI is InChI=1S/C115H108O27/c116-106(84-54-28-8-29-55-84)130-74-92-97(100(138-108(118)86-58-32-10-33-59-86)102(112(122)133-92)140-110(120)88-62-36-12-37-63-88)142-115-104(129-72-83-52-26-7-27-53-83)99(127-70-81-48-22-5-23-49-81)95(125-68-79-44-18-3-19-45-79)91(136-115)75-132-114-105(141-111(121)89-64-38-13-39-65-89)101(139-109(119)87-60-34-11-35-61-87)96(137-107(117)85-56-30-9-31-57-85)93(135-114)76-131-113-103(128-71-82-50-24-6-25-51-82)98(126-69-80-46-20-4-21-47-80)94(124-67-78-42-16-2-17-43-78)90(134-113)73-123-66-77-40-14-1-15-41-77/h1-65,90-105,112-115,122H,66-76H2/t90-,91-,92-,93-,94-,95-,96-,97-,98+,99+,100+,101+,102-,103-,104-,105-,112+,113+,114-,115-/m1/s1. The molecule has 0 aromatic heterocycles. The van der Waals surface area contributed by atoms with E-state index in [-0.39, 0.29) is 86.2 Å². The van der Waals surface area contributed by atoms with Gasteiger partial charge >= 0.3 is 35.8 Å². The average molecular weight is 1920 g/mol. The van der Waals surface area contributed by atoms with Crippen LogP contribution in [0.1, 0.15) is 101 Å². The van der Waals surface area contributed by atoms with E-state index in [0.29, 0.717) is 16.7 Å². The fraction of sp³-hybridized carbons (Fsp3) is 0.270. The second-order valence-electron chi connectivity index (χ2n) is 34.2. The number of benzene rings is 13. The summed E-state index contributed by atoms with van der Waals surface area (Å²) in [5.74, 6) is -5.67. The van der Waals surface area contributed by atoms with E-state index in [4.69, 9.17) is 94.7 Å². The molecule has 17 rings (SSSR count). The van der Waals surface area contributed by atoms with Gasteiger partial charge in [-0.1, -0.05) is 322 Å². The molecule has 730 valence electrons. The van der Waals surface area contributed by atoms with E-state index >= 15 is 19.2 Å². The molecule has 0 saturated carbocycles. The summed E-state index contributed by atoms with van der Waals surface area (Å²) >= 11 is 0. The first-order valence-electron chi connectivity index (χ1n) is 47.1. The molecule has 4 aliphatic rings. The van der Waals surface area contributed by atoms with Gasteiger partial charge in [-0.15, -0.1) is 0 Å². The van der Waals surface area contributed by atoms with Gasteiger partial charge in [-0.3, -0.25) is 0 Å². The van der Waals surface area contributed by atoms with E-state index in [1.165, 1.54) is 72.8 Å². The fourth-order valence-corrected chi connectivity index (χ4v) is 17.1. The molecule has 0 aliphatic carbocycles. The molecular weight excluding hydrogens is 1810 g/mol. The molecule has 13 aromatic carbocycles. The molecule has 4 fully saturated rings. The number of esters is 6. The fourth-order valence-electron chi connectivity index (χ4n) is 17.1. The zero-order valence-electron chi connectivity index (χ0n) is 77.4. The summed E-state index contributed by atoms with van der Waals surface area (Å²) in [6.45, 7) is -2.36. The number of hydrogen-bond acceptors (Lipinski definition) is 27. The van der Waals surface area contributed by atoms with Crippen LogP contribution in [0.25, 0.3) is 0 Å². The van der Waals surface area contributed by atoms with Crippen molar-refractivity contribution in [3.05, 3.63) is 467 Å². The van der Waals surface area contributed by atoms with Crippen molar-refractivity contribution in [1.29, 1.82) is 0 Å². The number of carbonyl (C=O) groups is 6. The minimum Gasteiger partial charge on any atom is -0.459 e. The third kappa shape index (κ3) is 27.2. The lowest BCUT2D eigenvalue weighted by molar-refractivity contribution is -0.373. The maximum absolute atomic E-state index is 15.6. The molecule has 4 heterocycles. The Morgan fingerprint density at radius 3 is 0.768 bits per heavy atom. The van der Waals surface area contributed by atoms with Gasteiger partial charge in [0.2, 0.25) is 0 Å². The quantitative estimate of drug-likeness (QED) is 0.0274. The number of carbonyl (C=O) groups excluding carboxylic acids is 6. The third-order valence-electron chi connectivity index (χ3n) is 24.3. The number of hydrogen-bond donors (Lipinski definition) is 1. The number of aliphatic hydroxyl groups is 1. The van der Waals surface area contributed by atoms with Crippen LogP contribution in [0.5, 0.6) is 0 Å². The molecule has 0 unspecified atom stereocenters. The monoisotopic (exact) mass is 1920 g/mol. The molecule has 0 bridgehead atoms. The smallest absolute Gasteiger partial charge is 0.338 e. The van der Waals surface area contributed by atoms with Crippen LogP contribution >= 0.6 is 0 Å². The zero-order valence-corrected chi connectivity index (χ0v) is 77.4. The Morgan fingerprint density at radius 1 is 0.197 bits per heavy atom. The second-order valence-corrected chi connectivity index (χ2v) is 34.2. The van der Waals surface area contributed by atoms with Gasteiger partial charge in [-0.05, 0) is 112 Å². The highest BCUT2D eigenvalue weighted by atomic mass is 16.8. The molecule has 4 saturated heterocycles. The molecule has 142 heavy (non-hydrogen) atoms. The first-order valence-corrected chi connectivity index (χ1v) is 47.1. The van der Waals surface area contributed by atoms with Gasteiger partial charge in [0.25, 0.3) is 0 Å². The van der Waals surface area contributed by atoms with Crippen LogP contribution in [-0.4, -0.2) is 190 Å². The summed E-state index contributed by atoms with van der Waals surface area (Å²) in [5, 5.41) is 12.5. The lowest BCUT2D eigenvalue weighted by Crippen LogP contribution is -2.67. The lowest BCUT2D eigenvalue weighted by atomic mass is 9.95. The van der Waals surface area contributed by atoms with Gasteiger partial charge in [0.05, 0.1) is 99.4 Å². The van der Waals surface area contributed by atoms with Gasteiger partial charge in [-0.2, -0.15) is 0 Å². The molecule has 4 aliphatic heterocycles. The average Bonchev–Trinajstić information content (AvgIpc) is 0.762. The SMILES string of the molecule is O=C(OC[C@H]1O[C@H](O)[C@H](OC(=O)c2ccccc2)[C@@H](OC(=O)c2ccccc2)[C@@H]1O[C@H]1O[C@H](CO[C@@H]2O[C@H](CO[C@H]3O[C@H](COCc4ccccc4)[C@@H](OCc4ccccc4)[C@H](OCc4ccccc4)[C@H]3OCc3ccccc3)[C@@H](OC(=O)c3ccccc3)[C@H](OC(=O)c3ccccc3)[C@H]2OC(=O)c2ccccc2)[C@@H](OCc2ccccc2)[C@H](OCc2ccccc2)[C@H]1OCc1ccccc1)c1ccccc1. The van der Waals surface area contributed by atoms with E-state index in [9.17, 15) is 14.7 Å². The normalized spacial score (nSPS) is 24.2. The van der Waals surface area contributed by atoms with Crippen LogP contribution in [0.3, 0.4) is 0 Å². The second kappa shape index (κ2) is 51.0. The summed E-state index contributed by atoms with van der Waals surface area (Å²) in [7, 11) is 0. The topological polar surface area (TPSA) is 307 Å². The minimum absolute atomic E-state index is 0.0157. The maximum atomic E-state index is 15.6. The van der Waals surface area contributed by atoms with Crippen molar-refractivity contribution in [3.63, 3.8) is 0 Å². The van der Waals surface area contributed by atoms with Gasteiger partial charge in [-0.25, -0.2) is 28.8 Å². The Kier molecular flexibility index (Phi) is 35.8. The van der Waals surface area contributed by atoms with E-state index in [2.05, 4.69) is 0 Å². The first kappa shape index (κ1) is 99.6. The van der Waals surface area contributed by atoms with Crippen LogP contribution < -0.4 is 0 Å². The summed E-state index contributed by atoms with van der Waals surface area (Å²) in [6, 6.07) is 114. The highest BCUT2D eigenvalue weighted by Gasteiger charge is 2.59. The van der Waals surface area contributed by atoms with Crippen LogP contribution in [-0.2, 0) is 141 Å². The number of ether oxygens (including phenoxy) is 20. The van der Waals surface area contributed by atoms with Crippen LogP contribution in [0.2, 0.25) is 0 Å². The van der Waals surface area contributed by atoms with Crippen molar-refractivity contribution in [3.8, 4) is 0 Å². The largest absolute Gasteiger partial charge is 0.459 e. The van der Waals surface area contributed by atoms with Gasteiger partial charge < -0.3 is 99.8 Å². The summed E-state index contributed by atoms with van der Waals surface area (Å²) in [6.07, 6.45) is -32.2. The highest BCUT2D eigenvalue weighted by molar-refractivity contribution is 5.93. The van der Waals surface area contributed by atoms with Gasteiger partial charge in [0.15, 0.2) is 55.7 Å². The maximum Gasteiger partial charge on any atom is 0.338 e. The minimum atomic E-state index is -2.14. The van der Waals surface area contributed by atoms with E-state index in [1.807, 2.05) is 212 Å². The molecule has 0 radical (unpaired) electrons. The van der Waals surface area contributed by atoms with Gasteiger partial charge in [0, 0.05) is 0 Å². The molecule has 0 amide bonds. The molecule has 0 spiro atoms. The summed E-state index contributed by atoms with van der Waals surface area (Å²) in [5.41, 5.74) is 5.65. The Labute approximate surface area is 822 Å². The molecule has 27 nitrogen and oxygen atoms in total. The van der Waals surface area contributed by atoms with Crippen molar-refractivity contribution in [2.45, 2.75) is 169 Å². The van der Waals surface area contributed by atoms with E-state index in [0.717, 1.165) is 22.3 Å². The lowest BCUT2D eigenvalue weighted by Gasteiger charge is -2.50. The number of aliphatic hydroxyl groups excluding tert-OH is 1. The number of rotatable bonds is 43. The van der Waals surface area contributed by atoms with Crippen molar-refractivity contribution >= 4 is 35.8 Å². The van der Waals surface area contributed by atoms with E-state index < -0.39 is 178 Å². The molecule has 13 aromatic rings. The summed E-state index contributed by atoms with van der Waals surface area (Å²) in [4.78, 5) is 90.7. The Hall–Kier alpha value is -13.9. The molecule has 27 heteroatoms. The van der Waals surface area contributed by atoms with Crippen molar-refractivity contribution < 1.29 is 129 Å². The van der Waals surface area contributed by atoms with Crippen LogP contribution in [0.15, 0.2) is 394 Å².